The van der Waals surface area contributed by atoms with Gasteiger partial charge in [0.25, 0.3) is 0 Å². The van der Waals surface area contributed by atoms with Gasteiger partial charge < -0.3 is 10.0 Å². The van der Waals surface area contributed by atoms with Gasteiger partial charge in [0.1, 0.15) is 16.5 Å². The van der Waals surface area contributed by atoms with E-state index >= 15 is 0 Å². The Morgan fingerprint density at radius 1 is 1.27 bits per heavy atom. The van der Waals surface area contributed by atoms with E-state index in [1.807, 2.05) is 18.3 Å². The highest BCUT2D eigenvalue weighted by Gasteiger charge is 2.27. The van der Waals surface area contributed by atoms with Crippen molar-refractivity contribution in [2.45, 2.75) is 52.1 Å². The molecule has 2 aromatic rings. The molecular weight excluding hydrogens is 294 g/mol. The number of thiophene rings is 1. The minimum atomic E-state index is -0.228. The lowest BCUT2D eigenvalue weighted by Crippen LogP contribution is -2.39. The quantitative estimate of drug-likeness (QED) is 0.878. The first-order valence-corrected chi connectivity index (χ1v) is 9.15. The van der Waals surface area contributed by atoms with Gasteiger partial charge in [0.2, 0.25) is 0 Å². The first kappa shape index (κ1) is 14.4. The van der Waals surface area contributed by atoms with Crippen LogP contribution in [0.1, 0.15) is 42.5 Å². The van der Waals surface area contributed by atoms with Crippen LogP contribution in [0.3, 0.4) is 0 Å². The molecule has 4 rings (SSSR count). The predicted octanol–water partition coefficient (Wildman–Crippen LogP) is 3.09. The first-order valence-electron chi connectivity index (χ1n) is 8.33. The van der Waals surface area contributed by atoms with Gasteiger partial charge in [0, 0.05) is 18.0 Å². The Morgan fingerprint density at radius 3 is 2.95 bits per heavy atom. The molecular formula is C17H23N3OS. The summed E-state index contributed by atoms with van der Waals surface area (Å²) in [5, 5.41) is 11.3. The van der Waals surface area contributed by atoms with Crippen LogP contribution in [0.25, 0.3) is 10.2 Å². The van der Waals surface area contributed by atoms with Crippen molar-refractivity contribution >= 4 is 27.4 Å². The number of aliphatic hydroxyl groups excluding tert-OH is 1. The maximum atomic E-state index is 10.0. The molecule has 0 saturated carbocycles. The average Bonchev–Trinajstić information content (AvgIpc) is 2.83. The summed E-state index contributed by atoms with van der Waals surface area (Å²) in [6.45, 7) is 6.01. The van der Waals surface area contributed by atoms with Crippen LogP contribution in [0, 0.1) is 12.8 Å². The highest BCUT2D eigenvalue weighted by molar-refractivity contribution is 7.19. The third-order valence-electron chi connectivity index (χ3n) is 4.94. The van der Waals surface area contributed by atoms with Crippen molar-refractivity contribution in [1.82, 2.24) is 9.97 Å². The molecule has 1 aliphatic heterocycles. The maximum absolute atomic E-state index is 10.0. The summed E-state index contributed by atoms with van der Waals surface area (Å²) >= 11 is 1.86. The topological polar surface area (TPSA) is 49.2 Å². The fourth-order valence-corrected chi connectivity index (χ4v) is 5.23. The van der Waals surface area contributed by atoms with Crippen molar-refractivity contribution in [3.63, 3.8) is 0 Å². The van der Waals surface area contributed by atoms with E-state index in [0.29, 0.717) is 6.54 Å². The van der Waals surface area contributed by atoms with E-state index < -0.39 is 0 Å². The zero-order chi connectivity index (χ0) is 15.3. The van der Waals surface area contributed by atoms with Crippen LogP contribution in [0.15, 0.2) is 0 Å². The highest BCUT2D eigenvalue weighted by Crippen LogP contribution is 2.41. The van der Waals surface area contributed by atoms with Gasteiger partial charge in [-0.2, -0.15) is 0 Å². The van der Waals surface area contributed by atoms with Crippen LogP contribution >= 0.6 is 11.3 Å². The molecule has 1 N–H and O–H groups in total. The molecule has 2 aromatic heterocycles. The largest absolute Gasteiger partial charge is 0.391 e. The van der Waals surface area contributed by atoms with Crippen molar-refractivity contribution in [1.29, 1.82) is 0 Å². The zero-order valence-corrected chi connectivity index (χ0v) is 14.1. The number of piperidine rings is 1. The van der Waals surface area contributed by atoms with Gasteiger partial charge in [0.05, 0.1) is 11.5 Å². The fraction of sp³-hybridized carbons (Fsp3) is 0.647. The second-order valence-electron chi connectivity index (χ2n) is 6.87. The number of β-amino-alcohol motifs (C(OH)–C–C–N with tert-alkyl or cyclic N) is 1. The number of aliphatic hydroxyl groups is 1. The molecule has 1 aliphatic carbocycles. The Labute approximate surface area is 135 Å². The Hall–Kier alpha value is -1.20. The van der Waals surface area contributed by atoms with Crippen LogP contribution in [-0.2, 0) is 12.8 Å². The molecule has 0 unspecified atom stereocenters. The van der Waals surface area contributed by atoms with Crippen LogP contribution in [0.2, 0.25) is 0 Å². The van der Waals surface area contributed by atoms with Crippen molar-refractivity contribution in [3.05, 3.63) is 16.3 Å². The first-order chi connectivity index (χ1) is 10.6. The van der Waals surface area contributed by atoms with Crippen molar-refractivity contribution in [2.75, 3.05) is 18.0 Å². The summed E-state index contributed by atoms with van der Waals surface area (Å²) in [5.41, 5.74) is 1.48. The van der Waals surface area contributed by atoms with E-state index in [2.05, 4.69) is 11.8 Å². The number of hydrogen-bond acceptors (Lipinski definition) is 5. The summed E-state index contributed by atoms with van der Waals surface area (Å²) in [6, 6.07) is 0. The van der Waals surface area contributed by atoms with Gasteiger partial charge >= 0.3 is 0 Å². The number of anilines is 1. The van der Waals surface area contributed by atoms with E-state index in [1.54, 1.807) is 0 Å². The number of hydrogen-bond donors (Lipinski definition) is 1. The fourth-order valence-electron chi connectivity index (χ4n) is 3.80. The summed E-state index contributed by atoms with van der Waals surface area (Å²) < 4.78 is 0. The van der Waals surface area contributed by atoms with E-state index in [9.17, 15) is 5.11 Å². The zero-order valence-electron chi connectivity index (χ0n) is 13.3. The highest BCUT2D eigenvalue weighted by atomic mass is 32.1. The second kappa shape index (κ2) is 5.46. The Balaban J connectivity index is 1.86. The molecule has 2 atom stereocenters. The minimum Gasteiger partial charge on any atom is -0.391 e. The molecule has 5 heteroatoms. The monoisotopic (exact) mass is 317 g/mol. The molecule has 0 bridgehead atoms. The molecule has 0 radical (unpaired) electrons. The van der Waals surface area contributed by atoms with Crippen LogP contribution < -0.4 is 4.90 Å². The molecule has 1 fully saturated rings. The van der Waals surface area contributed by atoms with Crippen LogP contribution in [0.5, 0.6) is 0 Å². The number of rotatable bonds is 1. The molecule has 2 aliphatic rings. The number of aromatic nitrogens is 2. The Bertz CT molecular complexity index is 711. The maximum Gasteiger partial charge on any atom is 0.141 e. The standard InChI is InChI=1S/C17H23N3OS/c1-10-5-6-13-14(8-10)22-17-15(13)16(18-11(2)19-17)20-7-3-4-12(21)9-20/h10,12,21H,3-9H2,1-2H3/t10-,12+/m0/s1. The molecule has 0 spiro atoms. The van der Waals surface area contributed by atoms with E-state index in [-0.39, 0.29) is 6.10 Å². The van der Waals surface area contributed by atoms with E-state index in [4.69, 9.17) is 9.97 Å². The summed E-state index contributed by atoms with van der Waals surface area (Å²) in [6.07, 6.45) is 5.30. The van der Waals surface area contributed by atoms with Gasteiger partial charge in [0.15, 0.2) is 0 Å². The van der Waals surface area contributed by atoms with Crippen molar-refractivity contribution in [3.8, 4) is 0 Å². The van der Waals surface area contributed by atoms with Gasteiger partial charge in [-0.3, -0.25) is 0 Å². The van der Waals surface area contributed by atoms with E-state index in [0.717, 1.165) is 48.2 Å². The molecule has 3 heterocycles. The lowest BCUT2D eigenvalue weighted by Gasteiger charge is -2.32. The number of fused-ring (bicyclic) bond motifs is 3. The van der Waals surface area contributed by atoms with Crippen molar-refractivity contribution < 1.29 is 5.11 Å². The normalized spacial score (nSPS) is 25.5. The van der Waals surface area contributed by atoms with Gasteiger partial charge in [-0.15, -0.1) is 11.3 Å². The van der Waals surface area contributed by atoms with Gasteiger partial charge in [-0.25, -0.2) is 9.97 Å². The van der Waals surface area contributed by atoms with Crippen LogP contribution in [-0.4, -0.2) is 34.3 Å². The lowest BCUT2D eigenvalue weighted by molar-refractivity contribution is 0.154. The van der Waals surface area contributed by atoms with E-state index in [1.165, 1.54) is 28.7 Å². The van der Waals surface area contributed by atoms with Gasteiger partial charge in [-0.1, -0.05) is 6.92 Å². The molecule has 118 valence electrons. The van der Waals surface area contributed by atoms with Crippen LogP contribution in [0.4, 0.5) is 5.82 Å². The lowest BCUT2D eigenvalue weighted by atomic mass is 9.89. The average molecular weight is 317 g/mol. The van der Waals surface area contributed by atoms with Crippen molar-refractivity contribution in [2.24, 2.45) is 5.92 Å². The molecule has 1 saturated heterocycles. The second-order valence-corrected chi connectivity index (χ2v) is 7.95. The smallest absolute Gasteiger partial charge is 0.141 e. The molecule has 0 amide bonds. The summed E-state index contributed by atoms with van der Waals surface area (Å²) in [4.78, 5) is 14.4. The van der Waals surface area contributed by atoms with Gasteiger partial charge in [-0.05, 0) is 50.5 Å². The number of aryl methyl sites for hydroxylation is 2. The SMILES string of the molecule is Cc1nc(N2CCC[C@@H](O)C2)c2c3c(sc2n1)C[C@@H](C)CC3. The predicted molar refractivity (Wildman–Crippen MR) is 90.8 cm³/mol. The molecule has 22 heavy (non-hydrogen) atoms. The molecule has 0 aromatic carbocycles. The Kier molecular flexibility index (Phi) is 3.57. The summed E-state index contributed by atoms with van der Waals surface area (Å²) in [7, 11) is 0. The minimum absolute atomic E-state index is 0.228. The number of nitrogens with zero attached hydrogens (tertiary/aromatic N) is 3. The molecule has 4 nitrogen and oxygen atoms in total. The third-order valence-corrected chi connectivity index (χ3v) is 6.09. The third kappa shape index (κ3) is 2.40. The Morgan fingerprint density at radius 2 is 2.14 bits per heavy atom. The summed E-state index contributed by atoms with van der Waals surface area (Å²) in [5.74, 6) is 2.68.